The van der Waals surface area contributed by atoms with Gasteiger partial charge in [-0.3, -0.25) is 14.6 Å². The lowest BCUT2D eigenvalue weighted by molar-refractivity contribution is 0.0696. The van der Waals surface area contributed by atoms with Crippen LogP contribution < -0.4 is 10.2 Å². The van der Waals surface area contributed by atoms with Gasteiger partial charge in [0.1, 0.15) is 11.4 Å². The zero-order chi connectivity index (χ0) is 23.4. The Bertz CT molecular complexity index is 1310. The quantitative estimate of drug-likeness (QED) is 0.609. The van der Waals surface area contributed by atoms with Gasteiger partial charge in [-0.25, -0.2) is 14.5 Å². The molecule has 0 unspecified atom stereocenters. The average Bonchev–Trinajstić information content (AvgIpc) is 3.52. The van der Waals surface area contributed by atoms with E-state index in [-0.39, 0.29) is 23.6 Å². The molecule has 2 aromatic carbocycles. The molecule has 2 atom stereocenters. The third kappa shape index (κ3) is 3.15. The topological polar surface area (TPSA) is 103 Å². The predicted molar refractivity (Wildman–Crippen MR) is 128 cm³/mol. The summed E-state index contributed by atoms with van der Waals surface area (Å²) >= 11 is 0. The number of aliphatic imine (C=N–C) groups is 1. The first kappa shape index (κ1) is 20.5. The van der Waals surface area contributed by atoms with Crippen molar-refractivity contribution in [3.63, 3.8) is 0 Å². The van der Waals surface area contributed by atoms with Crippen LogP contribution >= 0.6 is 0 Å². The molecule has 3 aliphatic rings. The van der Waals surface area contributed by atoms with Gasteiger partial charge >= 0.3 is 5.97 Å². The van der Waals surface area contributed by atoms with Crippen molar-refractivity contribution < 1.29 is 14.7 Å². The van der Waals surface area contributed by atoms with Gasteiger partial charge in [0.25, 0.3) is 5.91 Å². The van der Waals surface area contributed by atoms with Crippen molar-refractivity contribution in [2.45, 2.75) is 37.9 Å². The van der Waals surface area contributed by atoms with E-state index in [4.69, 9.17) is 10.1 Å². The van der Waals surface area contributed by atoms with Gasteiger partial charge in [-0.1, -0.05) is 30.3 Å². The Balaban J connectivity index is 1.46. The Morgan fingerprint density at radius 1 is 1.12 bits per heavy atom. The lowest BCUT2D eigenvalue weighted by atomic mass is 10.1. The summed E-state index contributed by atoms with van der Waals surface area (Å²) in [6.07, 6.45) is 3.15. The smallest absolute Gasteiger partial charge is 0.335 e. The Hall–Kier alpha value is -4.14. The number of amides is 1. The van der Waals surface area contributed by atoms with Crippen LogP contribution in [0.15, 0.2) is 59.6 Å². The summed E-state index contributed by atoms with van der Waals surface area (Å²) in [4.78, 5) is 33.4. The summed E-state index contributed by atoms with van der Waals surface area (Å²) in [6.45, 7) is 0.382. The lowest BCUT2D eigenvalue weighted by Crippen LogP contribution is -2.51. The van der Waals surface area contributed by atoms with Gasteiger partial charge in [-0.05, 0) is 49.1 Å². The zero-order valence-corrected chi connectivity index (χ0v) is 18.7. The normalized spacial score (nSPS) is 20.6. The first-order valence-corrected chi connectivity index (χ1v) is 11.4. The number of carboxylic acid groups (broad SMARTS) is 1. The molecule has 1 aromatic heterocycles. The molecular formula is C25H24N6O3. The number of carboxylic acids is 1. The highest BCUT2D eigenvalue weighted by atomic mass is 16.4. The molecule has 1 aliphatic carbocycles. The first-order valence-electron chi connectivity index (χ1n) is 11.4. The van der Waals surface area contributed by atoms with Gasteiger partial charge in [-0.2, -0.15) is 5.10 Å². The Morgan fingerprint density at radius 3 is 2.62 bits per heavy atom. The number of nitrogens with zero attached hydrogens (tertiary/aromatic N) is 5. The number of rotatable bonds is 5. The van der Waals surface area contributed by atoms with Crippen molar-refractivity contribution in [3.8, 4) is 0 Å². The zero-order valence-electron chi connectivity index (χ0n) is 18.7. The molecule has 172 valence electrons. The second-order valence-electron chi connectivity index (χ2n) is 8.93. The number of hydrogen-bond acceptors (Lipinski definition) is 6. The van der Waals surface area contributed by atoms with E-state index in [1.165, 1.54) is 0 Å². The summed E-state index contributed by atoms with van der Waals surface area (Å²) in [5.74, 6) is 0.815. The summed E-state index contributed by atoms with van der Waals surface area (Å²) < 4.78 is 1.80. The monoisotopic (exact) mass is 456 g/mol. The van der Waals surface area contributed by atoms with Crippen LogP contribution in [0.1, 0.15) is 45.5 Å². The third-order valence-electron chi connectivity index (χ3n) is 6.82. The lowest BCUT2D eigenvalue weighted by Gasteiger charge is -2.34. The highest BCUT2D eigenvalue weighted by molar-refractivity contribution is 6.21. The number of aromatic nitrogens is 2. The number of benzene rings is 2. The van der Waals surface area contributed by atoms with Crippen molar-refractivity contribution >= 4 is 35.2 Å². The van der Waals surface area contributed by atoms with Gasteiger partial charge in [-0.15, -0.1) is 0 Å². The molecule has 2 aliphatic heterocycles. The summed E-state index contributed by atoms with van der Waals surface area (Å²) in [6, 6.07) is 16.8. The molecular weight excluding hydrogens is 432 g/mol. The van der Waals surface area contributed by atoms with Crippen LogP contribution in [0.2, 0.25) is 0 Å². The molecule has 1 fully saturated rings. The van der Waals surface area contributed by atoms with Gasteiger partial charge in [0.15, 0.2) is 5.82 Å². The number of aromatic carboxylic acids is 1. The number of fused-ring (bicyclic) bond motifs is 5. The Kier molecular flexibility index (Phi) is 4.65. The predicted octanol–water partition coefficient (Wildman–Crippen LogP) is 3.56. The second kappa shape index (κ2) is 7.72. The SMILES string of the molecule is CN1C(=O)c2c(nn(Cc3ccc(C(=O)O)cc3)c2Nc2ccccc2)N2C1=N[C@@H]1CCC[C@@H]12. The number of carbonyl (C=O) groups excluding carboxylic acids is 1. The average molecular weight is 457 g/mol. The molecule has 0 radical (unpaired) electrons. The van der Waals surface area contributed by atoms with Crippen LogP contribution in [0.3, 0.4) is 0 Å². The van der Waals surface area contributed by atoms with Gasteiger partial charge < -0.3 is 10.4 Å². The van der Waals surface area contributed by atoms with E-state index in [0.29, 0.717) is 29.7 Å². The van der Waals surface area contributed by atoms with Crippen LogP contribution in [0.4, 0.5) is 17.3 Å². The fourth-order valence-corrected chi connectivity index (χ4v) is 5.13. The van der Waals surface area contributed by atoms with E-state index in [1.807, 2.05) is 30.3 Å². The maximum absolute atomic E-state index is 13.5. The maximum atomic E-state index is 13.5. The largest absolute Gasteiger partial charge is 0.478 e. The van der Waals surface area contributed by atoms with Crippen molar-refractivity contribution in [1.82, 2.24) is 14.7 Å². The molecule has 0 spiro atoms. The maximum Gasteiger partial charge on any atom is 0.335 e. The third-order valence-corrected chi connectivity index (χ3v) is 6.82. The van der Waals surface area contributed by atoms with E-state index in [9.17, 15) is 14.7 Å². The molecule has 6 rings (SSSR count). The molecule has 1 saturated carbocycles. The standard InChI is InChI=1S/C25H24N6O3/c1-29-23(32)20-21(26-17-6-3-2-4-7-17)30(14-15-10-12-16(13-11-15)24(33)34)28-22(20)31-19-9-5-8-18(19)27-25(29)31/h2-4,6-7,10-13,18-19,26H,5,8-9,14H2,1H3,(H,33,34)/t18-,19+/m1/s1. The van der Waals surface area contributed by atoms with Crippen LogP contribution in [-0.2, 0) is 6.54 Å². The van der Waals surface area contributed by atoms with E-state index in [1.54, 1.807) is 40.9 Å². The van der Waals surface area contributed by atoms with Crippen molar-refractivity contribution in [1.29, 1.82) is 0 Å². The van der Waals surface area contributed by atoms with Gasteiger partial charge in [0.05, 0.1) is 24.2 Å². The number of carbonyl (C=O) groups is 2. The fourth-order valence-electron chi connectivity index (χ4n) is 5.13. The molecule has 3 heterocycles. The summed E-state index contributed by atoms with van der Waals surface area (Å²) in [5, 5.41) is 17.6. The van der Waals surface area contributed by atoms with E-state index < -0.39 is 5.97 Å². The molecule has 3 aromatic rings. The molecule has 0 saturated heterocycles. The van der Waals surface area contributed by atoms with Crippen LogP contribution in [0.25, 0.3) is 0 Å². The summed E-state index contributed by atoms with van der Waals surface area (Å²) in [5.41, 5.74) is 2.49. The van der Waals surface area contributed by atoms with E-state index in [2.05, 4.69) is 10.2 Å². The number of nitrogens with one attached hydrogen (secondary N) is 1. The number of hydrogen-bond donors (Lipinski definition) is 2. The molecule has 1 amide bonds. The van der Waals surface area contributed by atoms with Crippen molar-refractivity contribution in [2.75, 3.05) is 17.3 Å². The number of para-hydroxylation sites is 1. The van der Waals surface area contributed by atoms with Crippen molar-refractivity contribution in [2.24, 2.45) is 4.99 Å². The highest BCUT2D eigenvalue weighted by Gasteiger charge is 2.49. The van der Waals surface area contributed by atoms with E-state index >= 15 is 0 Å². The fraction of sp³-hybridized carbons (Fsp3) is 0.280. The number of anilines is 3. The van der Waals surface area contributed by atoms with Gasteiger partial charge in [0, 0.05) is 12.7 Å². The van der Waals surface area contributed by atoms with Gasteiger partial charge in [0.2, 0.25) is 5.96 Å². The molecule has 34 heavy (non-hydrogen) atoms. The Morgan fingerprint density at radius 2 is 1.88 bits per heavy atom. The minimum atomic E-state index is -0.965. The minimum Gasteiger partial charge on any atom is -0.478 e. The summed E-state index contributed by atoms with van der Waals surface area (Å²) in [7, 11) is 1.77. The molecule has 2 N–H and O–H groups in total. The molecule has 9 nitrogen and oxygen atoms in total. The minimum absolute atomic E-state index is 0.143. The Labute approximate surface area is 196 Å². The molecule has 9 heteroatoms. The van der Waals surface area contributed by atoms with Crippen LogP contribution in [0.5, 0.6) is 0 Å². The highest BCUT2D eigenvalue weighted by Crippen LogP contribution is 2.42. The second-order valence-corrected chi connectivity index (χ2v) is 8.93. The van der Waals surface area contributed by atoms with Crippen LogP contribution in [0, 0.1) is 0 Å². The first-order chi connectivity index (χ1) is 16.5. The van der Waals surface area contributed by atoms with Crippen LogP contribution in [-0.4, -0.2) is 56.8 Å². The number of guanidine groups is 1. The van der Waals surface area contributed by atoms with Crippen molar-refractivity contribution in [3.05, 3.63) is 71.3 Å². The molecule has 0 bridgehead atoms. The van der Waals surface area contributed by atoms with E-state index in [0.717, 1.165) is 30.5 Å².